The molecule has 24 heavy (non-hydrogen) atoms. The minimum absolute atomic E-state index is 0.0722. The third kappa shape index (κ3) is 2.72. The smallest absolute Gasteiger partial charge is 0.165 e. The molecule has 2 heteroatoms. The van der Waals surface area contributed by atoms with E-state index in [2.05, 4.69) is 54.8 Å². The fraction of sp³-hybridized carbons (Fsp3) is 0.500. The third-order valence-corrected chi connectivity index (χ3v) is 5.74. The number of hydrogen-bond donors (Lipinski definition) is 0. The highest BCUT2D eigenvalue weighted by Gasteiger charge is 2.36. The highest BCUT2D eigenvalue weighted by molar-refractivity contribution is 6.00. The van der Waals surface area contributed by atoms with Crippen molar-refractivity contribution < 1.29 is 4.79 Å². The van der Waals surface area contributed by atoms with Crippen molar-refractivity contribution in [1.29, 1.82) is 0 Å². The summed E-state index contributed by atoms with van der Waals surface area (Å²) in [5.74, 6) is 0.327. The molecule has 1 aromatic heterocycles. The molecule has 0 atom stereocenters. The topological polar surface area (TPSA) is 22.0 Å². The van der Waals surface area contributed by atoms with Crippen LogP contribution in [0.4, 0.5) is 0 Å². The van der Waals surface area contributed by atoms with Crippen LogP contribution in [0.3, 0.4) is 0 Å². The van der Waals surface area contributed by atoms with Crippen LogP contribution in [0.25, 0.3) is 11.3 Å². The van der Waals surface area contributed by atoms with E-state index in [1.807, 2.05) is 0 Å². The Morgan fingerprint density at radius 2 is 1.71 bits per heavy atom. The molecule has 2 aliphatic rings. The predicted octanol–water partition coefficient (Wildman–Crippen LogP) is 5.82. The Kier molecular flexibility index (Phi) is 3.86. The first-order valence-corrected chi connectivity index (χ1v) is 9.38. The number of aromatic nitrogens is 1. The van der Waals surface area contributed by atoms with E-state index >= 15 is 0 Å². The van der Waals surface area contributed by atoms with E-state index < -0.39 is 0 Å². The minimum atomic E-state index is 0.0722. The molecule has 0 spiro atoms. The Balaban J connectivity index is 1.89. The highest BCUT2D eigenvalue weighted by Crippen LogP contribution is 2.42. The molecule has 0 aliphatic heterocycles. The van der Waals surface area contributed by atoms with Gasteiger partial charge in [-0.05, 0) is 36.3 Å². The maximum Gasteiger partial charge on any atom is 0.165 e. The number of benzene rings is 1. The van der Waals surface area contributed by atoms with Crippen molar-refractivity contribution in [2.75, 3.05) is 0 Å². The Morgan fingerprint density at radius 1 is 1.00 bits per heavy atom. The molecule has 0 bridgehead atoms. The number of carbonyl (C=O) groups excluding carboxylic acids is 1. The van der Waals surface area contributed by atoms with E-state index in [0.717, 1.165) is 12.0 Å². The number of hydrogen-bond acceptors (Lipinski definition) is 1. The van der Waals surface area contributed by atoms with Gasteiger partial charge in [-0.15, -0.1) is 0 Å². The van der Waals surface area contributed by atoms with Gasteiger partial charge >= 0.3 is 0 Å². The zero-order valence-corrected chi connectivity index (χ0v) is 14.8. The molecule has 0 unspecified atom stereocenters. The van der Waals surface area contributed by atoms with Gasteiger partial charge in [-0.3, -0.25) is 4.79 Å². The van der Waals surface area contributed by atoms with Crippen LogP contribution in [-0.4, -0.2) is 10.4 Å². The molecule has 0 saturated heterocycles. The van der Waals surface area contributed by atoms with Gasteiger partial charge in [0.2, 0.25) is 0 Å². The second-order valence-corrected chi connectivity index (χ2v) is 8.36. The number of nitrogens with zero attached hydrogens (tertiary/aromatic N) is 1. The molecule has 0 amide bonds. The number of Topliss-reactive ketones (excluding diaryl/α,β-unsaturated/α-hetero) is 1. The SMILES string of the molecule is CC1(C)CC(=O)c2cc(-c3ccccc3)n(C3CCCCC3)c2C1. The molecule has 2 nitrogen and oxygen atoms in total. The summed E-state index contributed by atoms with van der Waals surface area (Å²) >= 11 is 0. The van der Waals surface area contributed by atoms with Crippen molar-refractivity contribution in [3.63, 3.8) is 0 Å². The largest absolute Gasteiger partial charge is 0.341 e. The molecule has 0 radical (unpaired) electrons. The van der Waals surface area contributed by atoms with E-state index in [-0.39, 0.29) is 5.41 Å². The lowest BCUT2D eigenvalue weighted by Gasteiger charge is -2.33. The second kappa shape index (κ2) is 5.91. The van der Waals surface area contributed by atoms with Gasteiger partial charge in [0.15, 0.2) is 5.78 Å². The normalized spacial score (nSPS) is 20.8. The van der Waals surface area contributed by atoms with Crippen LogP contribution in [0.1, 0.15) is 74.5 Å². The van der Waals surface area contributed by atoms with Gasteiger partial charge in [-0.25, -0.2) is 0 Å². The van der Waals surface area contributed by atoms with Crippen LogP contribution in [0.5, 0.6) is 0 Å². The van der Waals surface area contributed by atoms with Gasteiger partial charge < -0.3 is 4.57 Å². The average Bonchev–Trinajstić information content (AvgIpc) is 2.95. The van der Waals surface area contributed by atoms with Crippen LogP contribution in [0, 0.1) is 5.41 Å². The van der Waals surface area contributed by atoms with E-state index in [9.17, 15) is 4.79 Å². The van der Waals surface area contributed by atoms with Gasteiger partial charge in [0.1, 0.15) is 0 Å². The Morgan fingerprint density at radius 3 is 2.42 bits per heavy atom. The number of fused-ring (bicyclic) bond motifs is 1. The predicted molar refractivity (Wildman–Crippen MR) is 98.4 cm³/mol. The van der Waals surface area contributed by atoms with Gasteiger partial charge in [0.05, 0.1) is 0 Å². The summed E-state index contributed by atoms with van der Waals surface area (Å²) in [7, 11) is 0. The van der Waals surface area contributed by atoms with Crippen LogP contribution < -0.4 is 0 Å². The zero-order valence-electron chi connectivity index (χ0n) is 14.8. The number of carbonyl (C=O) groups is 1. The zero-order chi connectivity index (χ0) is 16.7. The molecule has 2 aliphatic carbocycles. The summed E-state index contributed by atoms with van der Waals surface area (Å²) in [6.07, 6.45) is 8.14. The Labute approximate surface area is 144 Å². The molecule has 1 heterocycles. The molecule has 0 N–H and O–H groups in total. The van der Waals surface area contributed by atoms with Gasteiger partial charge in [-0.1, -0.05) is 63.4 Å². The van der Waals surface area contributed by atoms with Gasteiger partial charge in [0.25, 0.3) is 0 Å². The van der Waals surface area contributed by atoms with Crippen LogP contribution in [-0.2, 0) is 6.42 Å². The first-order chi connectivity index (χ1) is 11.6. The Hall–Kier alpha value is -1.83. The minimum Gasteiger partial charge on any atom is -0.341 e. The lowest BCUT2D eigenvalue weighted by molar-refractivity contribution is 0.0909. The van der Waals surface area contributed by atoms with E-state index in [4.69, 9.17) is 0 Å². The van der Waals surface area contributed by atoms with E-state index in [1.54, 1.807) is 0 Å². The Bertz CT molecular complexity index is 748. The maximum absolute atomic E-state index is 12.8. The van der Waals surface area contributed by atoms with Crippen LogP contribution in [0.2, 0.25) is 0 Å². The van der Waals surface area contributed by atoms with Crippen molar-refractivity contribution in [3.05, 3.63) is 47.7 Å². The molecular formula is C22H27NO. The fourth-order valence-corrected chi connectivity index (χ4v) is 4.62. The summed E-state index contributed by atoms with van der Waals surface area (Å²) < 4.78 is 2.54. The fourth-order valence-electron chi connectivity index (χ4n) is 4.62. The van der Waals surface area contributed by atoms with Crippen molar-refractivity contribution >= 4 is 5.78 Å². The van der Waals surface area contributed by atoms with Crippen LogP contribution >= 0.6 is 0 Å². The molecule has 2 aromatic rings. The first kappa shape index (κ1) is 15.7. The van der Waals surface area contributed by atoms with Crippen LogP contribution in [0.15, 0.2) is 36.4 Å². The molecule has 1 aromatic carbocycles. The third-order valence-electron chi connectivity index (χ3n) is 5.74. The monoisotopic (exact) mass is 321 g/mol. The summed E-state index contributed by atoms with van der Waals surface area (Å²) in [6, 6.07) is 13.3. The maximum atomic E-state index is 12.8. The molecule has 1 fully saturated rings. The van der Waals surface area contributed by atoms with E-state index in [0.29, 0.717) is 18.2 Å². The highest BCUT2D eigenvalue weighted by atomic mass is 16.1. The summed E-state index contributed by atoms with van der Waals surface area (Å²) in [5, 5.41) is 0. The van der Waals surface area contributed by atoms with Crippen molar-refractivity contribution in [2.24, 2.45) is 5.41 Å². The van der Waals surface area contributed by atoms with E-state index in [1.165, 1.54) is 49.1 Å². The van der Waals surface area contributed by atoms with Crippen molar-refractivity contribution in [3.8, 4) is 11.3 Å². The van der Waals surface area contributed by atoms with Crippen molar-refractivity contribution in [2.45, 2.75) is 64.8 Å². The average molecular weight is 321 g/mol. The number of ketones is 1. The molecule has 126 valence electrons. The lowest BCUT2D eigenvalue weighted by atomic mass is 9.76. The molecule has 4 rings (SSSR count). The second-order valence-electron chi connectivity index (χ2n) is 8.36. The standard InChI is InChI=1S/C22H27NO/c1-22(2)14-20-18(21(24)15-22)13-19(16-9-5-3-6-10-16)23(20)17-11-7-4-8-12-17/h3,5-6,9-10,13,17H,4,7-8,11-12,14-15H2,1-2H3. The van der Waals surface area contributed by atoms with Gasteiger partial charge in [-0.2, -0.15) is 0 Å². The first-order valence-electron chi connectivity index (χ1n) is 9.38. The number of rotatable bonds is 2. The summed E-state index contributed by atoms with van der Waals surface area (Å²) in [4.78, 5) is 12.8. The van der Waals surface area contributed by atoms with Gasteiger partial charge in [0, 0.05) is 29.4 Å². The lowest BCUT2D eigenvalue weighted by Crippen LogP contribution is -2.29. The molecular weight excluding hydrogens is 294 g/mol. The quantitative estimate of drug-likeness (QED) is 0.683. The summed E-state index contributed by atoms with van der Waals surface area (Å²) in [5.41, 5.74) is 4.84. The molecule has 1 saturated carbocycles. The van der Waals surface area contributed by atoms with Crippen molar-refractivity contribution in [1.82, 2.24) is 4.57 Å². The summed E-state index contributed by atoms with van der Waals surface area (Å²) in [6.45, 7) is 4.46.